The summed E-state index contributed by atoms with van der Waals surface area (Å²) in [6, 6.07) is 16.6. The maximum atomic E-state index is 4.70. The first-order valence-electron chi connectivity index (χ1n) is 14.2. The number of fused-ring (bicyclic) bond motifs is 1. The van der Waals surface area contributed by atoms with Crippen LogP contribution in [0.5, 0.6) is 0 Å². The summed E-state index contributed by atoms with van der Waals surface area (Å²) in [5.74, 6) is 0. The van der Waals surface area contributed by atoms with Crippen molar-refractivity contribution < 1.29 is 0 Å². The molecule has 0 bridgehead atoms. The number of H-pyrrole nitrogens is 2. The number of rotatable bonds is 8. The molecule has 0 amide bonds. The van der Waals surface area contributed by atoms with E-state index in [4.69, 9.17) is 5.10 Å². The maximum Gasteiger partial charge on any atom is 0.139 e. The third kappa shape index (κ3) is 5.70. The summed E-state index contributed by atoms with van der Waals surface area (Å²) < 4.78 is 0. The van der Waals surface area contributed by atoms with E-state index < -0.39 is 0 Å². The zero-order valence-corrected chi connectivity index (χ0v) is 23.5. The zero-order chi connectivity index (χ0) is 28.2. The van der Waals surface area contributed by atoms with Crippen LogP contribution in [0.2, 0.25) is 0 Å². The summed E-state index contributed by atoms with van der Waals surface area (Å²) in [5, 5.41) is 14.3. The van der Waals surface area contributed by atoms with Crippen molar-refractivity contribution in [1.29, 1.82) is 0 Å². The molecule has 0 saturated carbocycles. The van der Waals surface area contributed by atoms with Crippen LogP contribution >= 0.6 is 0 Å². The quantitative estimate of drug-likeness (QED) is 0.231. The zero-order valence-electron chi connectivity index (χ0n) is 23.5. The summed E-state index contributed by atoms with van der Waals surface area (Å²) in [7, 11) is 0. The summed E-state index contributed by atoms with van der Waals surface area (Å²) in [6.45, 7) is 12.8. The van der Waals surface area contributed by atoms with Crippen LogP contribution in [-0.2, 0) is 6.42 Å². The second-order valence-electron chi connectivity index (χ2n) is 10.5. The largest absolute Gasteiger partial charge is 0.371 e. The fourth-order valence-corrected chi connectivity index (χ4v) is 5.52. The van der Waals surface area contributed by atoms with Gasteiger partial charge in [-0.05, 0) is 61.6 Å². The fraction of sp³-hybridized carbons (Fsp3) is 0.206. The van der Waals surface area contributed by atoms with Crippen molar-refractivity contribution in [1.82, 2.24) is 25.1 Å². The van der Waals surface area contributed by atoms with E-state index in [0.29, 0.717) is 0 Å². The first-order chi connectivity index (χ1) is 20.1. The van der Waals surface area contributed by atoms with E-state index in [0.717, 1.165) is 75.0 Å². The Kier molecular flexibility index (Phi) is 7.50. The number of nitrogens with one attached hydrogen (secondary N) is 3. The summed E-state index contributed by atoms with van der Waals surface area (Å²) in [4.78, 5) is 15.1. The van der Waals surface area contributed by atoms with Crippen LogP contribution in [0.15, 0.2) is 86.0 Å². The van der Waals surface area contributed by atoms with Gasteiger partial charge in [-0.3, -0.25) is 10.1 Å². The summed E-state index contributed by atoms with van der Waals surface area (Å²) in [5.41, 5.74) is 8.60. The third-order valence-electron chi connectivity index (χ3n) is 7.59. The monoisotopic (exact) mass is 541 g/mol. The van der Waals surface area contributed by atoms with Crippen molar-refractivity contribution in [2.45, 2.75) is 32.6 Å². The van der Waals surface area contributed by atoms with Crippen LogP contribution in [-0.4, -0.2) is 38.2 Å². The van der Waals surface area contributed by atoms with Gasteiger partial charge in [-0.25, -0.2) is 4.98 Å². The van der Waals surface area contributed by atoms with Gasteiger partial charge in [-0.15, -0.1) is 0 Å². The lowest BCUT2D eigenvalue weighted by molar-refractivity contribution is 0.579. The number of nitrogens with zero attached hydrogens (tertiary/aromatic N) is 4. The van der Waals surface area contributed by atoms with Crippen molar-refractivity contribution in [3.8, 4) is 11.4 Å². The number of aromatic amines is 2. The van der Waals surface area contributed by atoms with E-state index >= 15 is 0 Å². The molecular weight excluding hydrogens is 506 g/mol. The molecule has 1 aliphatic heterocycles. The molecule has 6 rings (SSSR count). The number of hydrogen-bond acceptors (Lipinski definition) is 5. The first kappa shape index (κ1) is 26.3. The molecule has 5 aromatic rings. The smallest absolute Gasteiger partial charge is 0.139 e. The molecular formula is C34H35N7. The number of piperidine rings is 1. The van der Waals surface area contributed by atoms with E-state index in [2.05, 4.69) is 79.8 Å². The Hall–Kier alpha value is -4.91. The van der Waals surface area contributed by atoms with Gasteiger partial charge in [0, 0.05) is 59.5 Å². The van der Waals surface area contributed by atoms with Crippen LogP contribution in [0, 0.1) is 0 Å². The first-order valence-corrected chi connectivity index (χ1v) is 14.2. The van der Waals surface area contributed by atoms with Crippen LogP contribution < -0.4 is 20.8 Å². The van der Waals surface area contributed by atoms with Crippen LogP contribution in [0.4, 0.5) is 11.4 Å². The minimum absolute atomic E-state index is 0.741. The molecule has 0 aliphatic carbocycles. The number of allylic oxidation sites excluding steroid dienone is 2. The Bertz CT molecular complexity index is 1820. The number of benzene rings is 1. The molecule has 0 spiro atoms. The Morgan fingerprint density at radius 2 is 1.88 bits per heavy atom. The van der Waals surface area contributed by atoms with Gasteiger partial charge in [0.05, 0.1) is 22.9 Å². The van der Waals surface area contributed by atoms with Gasteiger partial charge in [0.15, 0.2) is 0 Å². The highest BCUT2D eigenvalue weighted by atomic mass is 15.1. The Morgan fingerprint density at radius 1 is 1.05 bits per heavy atom. The van der Waals surface area contributed by atoms with E-state index in [-0.39, 0.29) is 0 Å². The topological polar surface area (TPSA) is 85.5 Å². The van der Waals surface area contributed by atoms with Gasteiger partial charge in [-0.1, -0.05) is 49.6 Å². The minimum Gasteiger partial charge on any atom is -0.371 e. The summed E-state index contributed by atoms with van der Waals surface area (Å²) >= 11 is 0. The normalized spacial score (nSPS) is 14.5. The molecule has 1 aromatic carbocycles. The van der Waals surface area contributed by atoms with Gasteiger partial charge in [0.25, 0.3) is 0 Å². The van der Waals surface area contributed by atoms with E-state index in [1.807, 2.05) is 43.6 Å². The van der Waals surface area contributed by atoms with Crippen molar-refractivity contribution in [3.63, 3.8) is 0 Å². The minimum atomic E-state index is 0.741. The highest BCUT2D eigenvalue weighted by Gasteiger charge is 2.17. The van der Waals surface area contributed by atoms with Crippen LogP contribution in [0.25, 0.3) is 40.1 Å². The molecule has 1 aliphatic rings. The lowest BCUT2D eigenvalue weighted by Crippen LogP contribution is -2.29. The van der Waals surface area contributed by atoms with Crippen LogP contribution in [0.3, 0.4) is 0 Å². The number of pyridine rings is 2. The second kappa shape index (κ2) is 11.7. The molecule has 1 fully saturated rings. The molecule has 0 radical (unpaired) electrons. The van der Waals surface area contributed by atoms with Gasteiger partial charge in [0.1, 0.15) is 11.3 Å². The molecule has 7 nitrogen and oxygen atoms in total. The van der Waals surface area contributed by atoms with Gasteiger partial charge in [-0.2, -0.15) is 5.10 Å². The highest BCUT2D eigenvalue weighted by molar-refractivity contribution is 5.94. The van der Waals surface area contributed by atoms with Crippen molar-refractivity contribution >= 4 is 40.1 Å². The van der Waals surface area contributed by atoms with E-state index in [1.165, 1.54) is 30.5 Å². The van der Waals surface area contributed by atoms with Gasteiger partial charge in [0.2, 0.25) is 0 Å². The SMILES string of the molecule is C=C(Cc1ccccc1)Nc1cncc(C(=C)/C=c2/c(-c3cc4c(N5CCCCC5)ccnc4[nH]3)n[nH]/c2=C/C)c1. The third-order valence-corrected chi connectivity index (χ3v) is 7.59. The molecule has 3 N–H and O–H groups in total. The van der Waals surface area contributed by atoms with Gasteiger partial charge < -0.3 is 15.2 Å². The lowest BCUT2D eigenvalue weighted by atomic mass is 10.1. The van der Waals surface area contributed by atoms with Crippen molar-refractivity contribution in [2.24, 2.45) is 0 Å². The Balaban J connectivity index is 1.30. The molecule has 7 heteroatoms. The Morgan fingerprint density at radius 3 is 2.68 bits per heavy atom. The average Bonchev–Trinajstić information content (AvgIpc) is 3.62. The van der Waals surface area contributed by atoms with Gasteiger partial charge >= 0.3 is 0 Å². The summed E-state index contributed by atoms with van der Waals surface area (Å²) in [6.07, 6.45) is 14.1. The number of hydrogen-bond donors (Lipinski definition) is 3. The van der Waals surface area contributed by atoms with E-state index in [1.54, 1.807) is 6.20 Å². The second-order valence-corrected chi connectivity index (χ2v) is 10.5. The molecule has 206 valence electrons. The molecule has 0 unspecified atom stereocenters. The van der Waals surface area contributed by atoms with Crippen molar-refractivity contribution in [3.05, 3.63) is 108 Å². The predicted molar refractivity (Wildman–Crippen MR) is 170 cm³/mol. The lowest BCUT2D eigenvalue weighted by Gasteiger charge is -2.29. The molecule has 1 saturated heterocycles. The molecule has 41 heavy (non-hydrogen) atoms. The standard InChI is InChI=1S/C34H35N7/c1-4-30-28(17-23(2)26-19-27(22-35-21-26)37-24(3)18-25-11-7-5-8-12-25)33(40-39-30)31-20-29-32(13-14-36-34(29)38-31)41-15-9-6-10-16-41/h4-5,7-8,11-14,17,19-22,37,39H,2-3,6,9-10,15-16,18H2,1H3,(H,36,38)/b28-17+,30-4+. The molecule has 4 aromatic heterocycles. The fourth-order valence-electron chi connectivity index (χ4n) is 5.52. The van der Waals surface area contributed by atoms with Crippen molar-refractivity contribution in [2.75, 3.05) is 23.3 Å². The van der Waals surface area contributed by atoms with E-state index in [9.17, 15) is 0 Å². The number of anilines is 2. The Labute approximate surface area is 240 Å². The van der Waals surface area contributed by atoms with Crippen LogP contribution in [0.1, 0.15) is 37.3 Å². The molecule has 0 atom stereocenters. The number of aromatic nitrogens is 5. The molecule has 5 heterocycles. The average molecular weight is 542 g/mol. The maximum absolute atomic E-state index is 4.70. The predicted octanol–water partition coefficient (Wildman–Crippen LogP) is 5.80. The highest BCUT2D eigenvalue weighted by Crippen LogP contribution is 2.30.